The summed E-state index contributed by atoms with van der Waals surface area (Å²) in [7, 11) is 2.85. The molecule has 0 unspecified atom stereocenters. The molecule has 2 N–H and O–H groups in total. The SMILES string of the molecule is COc1ccc(NC(=O)C(=O)Nc2cc(F)ccc2F)c(OC)c1. The van der Waals surface area contributed by atoms with Gasteiger partial charge in [0.1, 0.15) is 23.1 Å². The molecule has 0 spiro atoms. The summed E-state index contributed by atoms with van der Waals surface area (Å²) >= 11 is 0. The number of amides is 2. The van der Waals surface area contributed by atoms with E-state index in [-0.39, 0.29) is 11.4 Å². The molecule has 0 aromatic heterocycles. The van der Waals surface area contributed by atoms with Crippen LogP contribution in [0.1, 0.15) is 0 Å². The van der Waals surface area contributed by atoms with Crippen LogP contribution in [0.25, 0.3) is 0 Å². The lowest BCUT2D eigenvalue weighted by Crippen LogP contribution is -2.29. The van der Waals surface area contributed by atoms with Crippen LogP contribution in [0.15, 0.2) is 36.4 Å². The molecule has 0 saturated heterocycles. The summed E-state index contributed by atoms with van der Waals surface area (Å²) < 4.78 is 36.6. The normalized spacial score (nSPS) is 10.0. The number of benzene rings is 2. The van der Waals surface area contributed by atoms with Crippen LogP contribution in [-0.2, 0) is 9.59 Å². The van der Waals surface area contributed by atoms with Crippen LogP contribution in [0.5, 0.6) is 11.5 Å². The summed E-state index contributed by atoms with van der Waals surface area (Å²) in [6.07, 6.45) is 0. The minimum Gasteiger partial charge on any atom is -0.497 e. The number of anilines is 2. The molecular weight excluding hydrogens is 322 g/mol. The molecule has 0 heterocycles. The maximum Gasteiger partial charge on any atom is 0.314 e. The van der Waals surface area contributed by atoms with Gasteiger partial charge in [-0.25, -0.2) is 8.78 Å². The van der Waals surface area contributed by atoms with Crippen molar-refractivity contribution in [1.29, 1.82) is 0 Å². The smallest absolute Gasteiger partial charge is 0.314 e. The number of hydrogen-bond donors (Lipinski definition) is 2. The lowest BCUT2D eigenvalue weighted by molar-refractivity contribution is -0.133. The highest BCUT2D eigenvalue weighted by Crippen LogP contribution is 2.29. The van der Waals surface area contributed by atoms with Gasteiger partial charge in [0.15, 0.2) is 0 Å². The zero-order chi connectivity index (χ0) is 17.7. The number of nitrogens with one attached hydrogen (secondary N) is 2. The topological polar surface area (TPSA) is 76.7 Å². The molecule has 0 fully saturated rings. The summed E-state index contributed by atoms with van der Waals surface area (Å²) in [4.78, 5) is 23.7. The molecule has 24 heavy (non-hydrogen) atoms. The maximum atomic E-state index is 13.5. The van der Waals surface area contributed by atoms with Gasteiger partial charge in [0, 0.05) is 12.1 Å². The van der Waals surface area contributed by atoms with Crippen molar-refractivity contribution in [3.63, 3.8) is 0 Å². The molecule has 0 aliphatic carbocycles. The van der Waals surface area contributed by atoms with Gasteiger partial charge in [0.05, 0.1) is 25.6 Å². The minimum absolute atomic E-state index is 0.221. The predicted octanol–water partition coefficient (Wildman–Crippen LogP) is 2.56. The second-order valence-electron chi connectivity index (χ2n) is 4.60. The van der Waals surface area contributed by atoms with Gasteiger partial charge in [-0.1, -0.05) is 0 Å². The lowest BCUT2D eigenvalue weighted by atomic mass is 10.2. The van der Waals surface area contributed by atoms with Crippen LogP contribution < -0.4 is 20.1 Å². The fraction of sp³-hybridized carbons (Fsp3) is 0.125. The Morgan fingerprint density at radius 1 is 0.875 bits per heavy atom. The van der Waals surface area contributed by atoms with E-state index in [2.05, 4.69) is 5.32 Å². The number of hydrogen-bond acceptors (Lipinski definition) is 4. The number of methoxy groups -OCH3 is 2. The minimum atomic E-state index is -1.16. The molecule has 0 saturated carbocycles. The maximum absolute atomic E-state index is 13.5. The van der Waals surface area contributed by atoms with Gasteiger partial charge in [-0.05, 0) is 24.3 Å². The van der Waals surface area contributed by atoms with E-state index in [4.69, 9.17) is 9.47 Å². The van der Waals surface area contributed by atoms with Crippen LogP contribution in [-0.4, -0.2) is 26.0 Å². The molecule has 2 aromatic rings. The molecule has 126 valence electrons. The Labute approximate surface area is 136 Å². The molecule has 0 atom stereocenters. The van der Waals surface area contributed by atoms with Crippen LogP contribution in [0, 0.1) is 11.6 Å². The first-order valence-corrected chi connectivity index (χ1v) is 6.74. The van der Waals surface area contributed by atoms with Gasteiger partial charge in [-0.3, -0.25) is 9.59 Å². The van der Waals surface area contributed by atoms with E-state index in [1.165, 1.54) is 26.4 Å². The Hall–Kier alpha value is -3.16. The van der Waals surface area contributed by atoms with E-state index >= 15 is 0 Å². The van der Waals surface area contributed by atoms with E-state index in [0.717, 1.165) is 18.2 Å². The van der Waals surface area contributed by atoms with Crippen LogP contribution >= 0.6 is 0 Å². The van der Waals surface area contributed by atoms with E-state index in [1.54, 1.807) is 6.07 Å². The fourth-order valence-corrected chi connectivity index (χ4v) is 1.85. The third kappa shape index (κ3) is 3.97. The van der Waals surface area contributed by atoms with Crippen molar-refractivity contribution in [2.75, 3.05) is 24.9 Å². The monoisotopic (exact) mass is 336 g/mol. The molecule has 0 radical (unpaired) electrons. The highest BCUT2D eigenvalue weighted by atomic mass is 19.1. The summed E-state index contributed by atoms with van der Waals surface area (Å²) in [6.45, 7) is 0. The molecule has 0 aliphatic heterocycles. The van der Waals surface area contributed by atoms with Crippen LogP contribution in [0.3, 0.4) is 0 Å². The molecule has 0 bridgehead atoms. The molecule has 2 aromatic carbocycles. The Kier molecular flexibility index (Phi) is 5.31. The first-order valence-electron chi connectivity index (χ1n) is 6.74. The largest absolute Gasteiger partial charge is 0.497 e. The summed E-state index contributed by atoms with van der Waals surface area (Å²) in [5.41, 5.74) is -0.213. The van der Waals surface area contributed by atoms with Crippen molar-refractivity contribution in [3.05, 3.63) is 48.0 Å². The van der Waals surface area contributed by atoms with Crippen molar-refractivity contribution in [2.45, 2.75) is 0 Å². The first-order chi connectivity index (χ1) is 11.4. The Morgan fingerprint density at radius 2 is 1.54 bits per heavy atom. The van der Waals surface area contributed by atoms with E-state index < -0.39 is 29.1 Å². The molecule has 8 heteroatoms. The first kappa shape index (κ1) is 17.2. The third-order valence-corrected chi connectivity index (χ3v) is 3.04. The van der Waals surface area contributed by atoms with Gasteiger partial charge in [0.2, 0.25) is 0 Å². The van der Waals surface area contributed by atoms with Gasteiger partial charge in [0.25, 0.3) is 0 Å². The molecule has 2 amide bonds. The van der Waals surface area contributed by atoms with Gasteiger partial charge in [-0.15, -0.1) is 0 Å². The number of halogens is 2. The van der Waals surface area contributed by atoms with Crippen LogP contribution in [0.4, 0.5) is 20.2 Å². The summed E-state index contributed by atoms with van der Waals surface area (Å²) in [5, 5.41) is 4.32. The fourth-order valence-electron chi connectivity index (χ4n) is 1.85. The zero-order valence-electron chi connectivity index (χ0n) is 12.9. The lowest BCUT2D eigenvalue weighted by Gasteiger charge is -2.11. The molecule has 2 rings (SSSR count). The van der Waals surface area contributed by atoms with Gasteiger partial charge in [-0.2, -0.15) is 0 Å². The average molecular weight is 336 g/mol. The zero-order valence-corrected chi connectivity index (χ0v) is 12.9. The molecule has 0 aliphatic rings. The van der Waals surface area contributed by atoms with Crippen molar-refractivity contribution >= 4 is 23.2 Å². The number of carbonyl (C=O) groups excluding carboxylic acids is 2. The van der Waals surface area contributed by atoms with Crippen molar-refractivity contribution < 1.29 is 27.8 Å². The van der Waals surface area contributed by atoms with E-state index in [1.807, 2.05) is 5.32 Å². The van der Waals surface area contributed by atoms with Gasteiger partial charge >= 0.3 is 11.8 Å². The number of carbonyl (C=O) groups is 2. The highest BCUT2D eigenvalue weighted by molar-refractivity contribution is 6.43. The quantitative estimate of drug-likeness (QED) is 0.842. The Bertz CT molecular complexity index is 781. The Balaban J connectivity index is 2.12. The highest BCUT2D eigenvalue weighted by Gasteiger charge is 2.18. The summed E-state index contributed by atoms with van der Waals surface area (Å²) in [5.74, 6) is -3.06. The predicted molar refractivity (Wildman–Crippen MR) is 83.2 cm³/mol. The number of ether oxygens (including phenoxy) is 2. The van der Waals surface area contributed by atoms with Crippen molar-refractivity contribution in [1.82, 2.24) is 0 Å². The second-order valence-corrected chi connectivity index (χ2v) is 4.60. The second kappa shape index (κ2) is 7.40. The number of rotatable bonds is 4. The summed E-state index contributed by atoms with van der Waals surface area (Å²) in [6, 6.07) is 7.06. The van der Waals surface area contributed by atoms with Crippen molar-refractivity contribution in [3.8, 4) is 11.5 Å². The van der Waals surface area contributed by atoms with Crippen LogP contribution in [0.2, 0.25) is 0 Å². The Morgan fingerprint density at radius 3 is 2.17 bits per heavy atom. The van der Waals surface area contributed by atoms with Crippen molar-refractivity contribution in [2.24, 2.45) is 0 Å². The molecule has 6 nitrogen and oxygen atoms in total. The molecular formula is C16H14F2N2O4. The van der Waals surface area contributed by atoms with E-state index in [0.29, 0.717) is 5.75 Å². The third-order valence-electron chi connectivity index (χ3n) is 3.04. The average Bonchev–Trinajstić information content (AvgIpc) is 2.58. The standard InChI is InChI=1S/C16H14F2N2O4/c1-23-10-4-6-12(14(8-10)24-2)19-15(21)16(22)20-13-7-9(17)3-5-11(13)18/h3-8H,1-2H3,(H,19,21)(H,20,22). The van der Waals surface area contributed by atoms with Gasteiger partial charge < -0.3 is 20.1 Å². The van der Waals surface area contributed by atoms with E-state index in [9.17, 15) is 18.4 Å².